The summed E-state index contributed by atoms with van der Waals surface area (Å²) in [7, 11) is 0. The molecule has 3 aromatic rings. The van der Waals surface area contributed by atoms with E-state index < -0.39 is 0 Å². The van der Waals surface area contributed by atoms with Crippen LogP contribution < -0.4 is 15.5 Å². The Morgan fingerprint density at radius 3 is 2.53 bits per heavy atom. The summed E-state index contributed by atoms with van der Waals surface area (Å²) >= 11 is 1.61. The van der Waals surface area contributed by atoms with E-state index in [1.54, 1.807) is 17.5 Å². The molecule has 8 heteroatoms. The van der Waals surface area contributed by atoms with Crippen LogP contribution in [0.3, 0.4) is 0 Å². The number of nitrogens with one attached hydrogen (secondary N) is 2. The molecule has 0 amide bonds. The van der Waals surface area contributed by atoms with Gasteiger partial charge < -0.3 is 20.3 Å². The first-order chi connectivity index (χ1) is 14.5. The van der Waals surface area contributed by atoms with Crippen LogP contribution in [0.25, 0.3) is 10.6 Å². The lowest BCUT2D eigenvalue weighted by molar-refractivity contribution is 0.0757. The van der Waals surface area contributed by atoms with Gasteiger partial charge in [0.25, 0.3) is 0 Å². The smallest absolute Gasteiger partial charge is 0.227 e. The second-order valence-electron chi connectivity index (χ2n) is 7.54. The zero-order valence-electron chi connectivity index (χ0n) is 17.8. The molecule has 1 aromatic carbocycles. The van der Waals surface area contributed by atoms with Gasteiger partial charge in [-0.25, -0.2) is 15.0 Å². The number of nitrogens with zero attached hydrogens (tertiary/aromatic N) is 4. The van der Waals surface area contributed by atoms with Crippen LogP contribution in [0, 0.1) is 6.92 Å². The Bertz CT molecular complexity index is 980. The summed E-state index contributed by atoms with van der Waals surface area (Å²) in [6, 6.07) is 11.1. The molecule has 2 N–H and O–H groups in total. The van der Waals surface area contributed by atoms with Crippen molar-refractivity contribution in [3.8, 4) is 10.6 Å². The maximum absolute atomic E-state index is 5.64. The largest absolute Gasteiger partial charge is 0.377 e. The SMILES string of the molecule is CCNc1nc(C)c(-c2ccnc(Nc3ccc(N4C(C)COCC4C)cc3)n2)s1. The van der Waals surface area contributed by atoms with Gasteiger partial charge in [-0.2, -0.15) is 0 Å². The van der Waals surface area contributed by atoms with Crippen molar-refractivity contribution in [3.05, 3.63) is 42.2 Å². The number of ether oxygens (including phenoxy) is 1. The zero-order chi connectivity index (χ0) is 21.1. The van der Waals surface area contributed by atoms with E-state index in [2.05, 4.69) is 70.5 Å². The summed E-state index contributed by atoms with van der Waals surface area (Å²) in [5, 5.41) is 7.51. The predicted molar refractivity (Wildman–Crippen MR) is 124 cm³/mol. The molecule has 7 nitrogen and oxygen atoms in total. The van der Waals surface area contributed by atoms with Gasteiger partial charge in [-0.3, -0.25) is 0 Å². The van der Waals surface area contributed by atoms with Crippen molar-refractivity contribution in [3.63, 3.8) is 0 Å². The number of rotatable bonds is 6. The highest BCUT2D eigenvalue weighted by Crippen LogP contribution is 2.32. The number of aromatic nitrogens is 3. The average Bonchev–Trinajstić information content (AvgIpc) is 3.10. The van der Waals surface area contributed by atoms with E-state index in [0.29, 0.717) is 18.0 Å². The molecule has 0 spiro atoms. The van der Waals surface area contributed by atoms with E-state index in [0.717, 1.165) is 46.8 Å². The van der Waals surface area contributed by atoms with Crippen LogP contribution in [0.1, 0.15) is 26.5 Å². The molecular weight excluding hydrogens is 396 g/mol. The number of thiazole rings is 1. The second-order valence-corrected chi connectivity index (χ2v) is 8.54. The number of morpholine rings is 1. The molecule has 4 rings (SSSR count). The Morgan fingerprint density at radius 1 is 1.10 bits per heavy atom. The van der Waals surface area contributed by atoms with Gasteiger partial charge in [0.15, 0.2) is 5.13 Å². The minimum atomic E-state index is 0.363. The molecule has 1 fully saturated rings. The third-order valence-electron chi connectivity index (χ3n) is 5.10. The van der Waals surface area contributed by atoms with Crippen LogP contribution >= 0.6 is 11.3 Å². The highest BCUT2D eigenvalue weighted by molar-refractivity contribution is 7.19. The van der Waals surface area contributed by atoms with Gasteiger partial charge in [0.05, 0.1) is 29.5 Å². The van der Waals surface area contributed by atoms with E-state index in [-0.39, 0.29) is 0 Å². The Morgan fingerprint density at radius 2 is 1.83 bits per heavy atom. The van der Waals surface area contributed by atoms with Crippen LogP contribution in [0.15, 0.2) is 36.5 Å². The first-order valence-corrected chi connectivity index (χ1v) is 11.1. The van der Waals surface area contributed by atoms with E-state index in [1.165, 1.54) is 5.69 Å². The topological polar surface area (TPSA) is 75.2 Å². The number of hydrogen-bond donors (Lipinski definition) is 2. The van der Waals surface area contributed by atoms with Gasteiger partial charge in [0, 0.05) is 36.2 Å². The molecule has 1 aliphatic heterocycles. The maximum Gasteiger partial charge on any atom is 0.227 e. The fourth-order valence-corrected chi connectivity index (χ4v) is 4.77. The summed E-state index contributed by atoms with van der Waals surface area (Å²) in [5.74, 6) is 0.575. The number of anilines is 4. The summed E-state index contributed by atoms with van der Waals surface area (Å²) in [6.07, 6.45) is 1.78. The van der Waals surface area contributed by atoms with E-state index >= 15 is 0 Å². The molecule has 30 heavy (non-hydrogen) atoms. The highest BCUT2D eigenvalue weighted by atomic mass is 32.1. The monoisotopic (exact) mass is 424 g/mol. The number of benzene rings is 1. The van der Waals surface area contributed by atoms with Crippen molar-refractivity contribution in [2.45, 2.75) is 39.8 Å². The average molecular weight is 425 g/mol. The maximum atomic E-state index is 5.64. The molecule has 0 bridgehead atoms. The van der Waals surface area contributed by atoms with Crippen molar-refractivity contribution in [1.82, 2.24) is 15.0 Å². The summed E-state index contributed by atoms with van der Waals surface area (Å²) < 4.78 is 5.64. The van der Waals surface area contributed by atoms with Gasteiger partial charge in [-0.1, -0.05) is 11.3 Å². The van der Waals surface area contributed by atoms with Crippen LogP contribution in [0.2, 0.25) is 0 Å². The fourth-order valence-electron chi connectivity index (χ4n) is 3.77. The van der Waals surface area contributed by atoms with E-state index in [4.69, 9.17) is 9.72 Å². The zero-order valence-corrected chi connectivity index (χ0v) is 18.7. The van der Waals surface area contributed by atoms with Crippen LogP contribution in [-0.2, 0) is 4.74 Å². The summed E-state index contributed by atoms with van der Waals surface area (Å²) in [6.45, 7) is 10.8. The third kappa shape index (κ3) is 4.39. The molecule has 158 valence electrons. The first-order valence-electron chi connectivity index (χ1n) is 10.3. The highest BCUT2D eigenvalue weighted by Gasteiger charge is 2.25. The lowest BCUT2D eigenvalue weighted by Gasteiger charge is -2.40. The molecule has 3 heterocycles. The van der Waals surface area contributed by atoms with E-state index in [1.807, 2.05) is 13.0 Å². The van der Waals surface area contributed by atoms with Crippen molar-refractivity contribution in [2.24, 2.45) is 0 Å². The molecule has 0 aliphatic carbocycles. The molecule has 1 saturated heterocycles. The lowest BCUT2D eigenvalue weighted by Crippen LogP contribution is -2.49. The van der Waals surface area contributed by atoms with Crippen LogP contribution in [0.4, 0.5) is 22.5 Å². The van der Waals surface area contributed by atoms with Crippen molar-refractivity contribution < 1.29 is 4.74 Å². The van der Waals surface area contributed by atoms with E-state index in [9.17, 15) is 0 Å². The normalized spacial score (nSPS) is 19.0. The van der Waals surface area contributed by atoms with Crippen LogP contribution in [-0.4, -0.2) is 46.8 Å². The molecule has 2 atom stereocenters. The lowest BCUT2D eigenvalue weighted by atomic mass is 10.1. The minimum absolute atomic E-state index is 0.363. The molecule has 2 unspecified atom stereocenters. The summed E-state index contributed by atoms with van der Waals surface area (Å²) in [4.78, 5) is 17.1. The Hall–Kier alpha value is -2.71. The van der Waals surface area contributed by atoms with Gasteiger partial charge in [-0.15, -0.1) is 0 Å². The van der Waals surface area contributed by atoms with Gasteiger partial charge in [0.1, 0.15) is 0 Å². The Balaban J connectivity index is 1.50. The number of aryl methyl sites for hydroxylation is 1. The standard InChI is InChI=1S/C22H28N6OS/c1-5-23-22-25-16(4)20(30-22)19-10-11-24-21(27-19)26-17-6-8-18(9-7-17)28-14(2)12-29-13-15(28)3/h6-11,14-15H,5,12-13H2,1-4H3,(H,23,25)(H,24,26,27). The molecule has 1 aliphatic rings. The fraction of sp³-hybridized carbons (Fsp3) is 0.409. The Labute approximate surface area is 181 Å². The second kappa shape index (κ2) is 8.97. The predicted octanol–water partition coefficient (Wildman–Crippen LogP) is 4.70. The summed E-state index contributed by atoms with van der Waals surface area (Å²) in [5.41, 5.74) is 4.01. The van der Waals surface area contributed by atoms with Crippen molar-refractivity contribution >= 4 is 33.8 Å². The quantitative estimate of drug-likeness (QED) is 0.594. The van der Waals surface area contributed by atoms with Gasteiger partial charge in [0.2, 0.25) is 5.95 Å². The third-order valence-corrected chi connectivity index (χ3v) is 6.24. The van der Waals surface area contributed by atoms with Gasteiger partial charge >= 0.3 is 0 Å². The number of hydrogen-bond acceptors (Lipinski definition) is 8. The molecule has 0 saturated carbocycles. The molecule has 2 aromatic heterocycles. The van der Waals surface area contributed by atoms with Gasteiger partial charge in [-0.05, 0) is 58.0 Å². The molecular formula is C22H28N6OS. The van der Waals surface area contributed by atoms with Crippen molar-refractivity contribution in [2.75, 3.05) is 35.3 Å². The molecule has 0 radical (unpaired) electrons. The minimum Gasteiger partial charge on any atom is -0.377 e. The first kappa shape index (κ1) is 20.6. The van der Waals surface area contributed by atoms with Crippen LogP contribution in [0.5, 0.6) is 0 Å². The Kier molecular flexibility index (Phi) is 6.15. The van der Waals surface area contributed by atoms with Crippen molar-refractivity contribution in [1.29, 1.82) is 0 Å².